The van der Waals surface area contributed by atoms with Crippen LogP contribution < -0.4 is 15.0 Å². The first-order valence-corrected chi connectivity index (χ1v) is 13.2. The molecule has 0 spiro atoms. The van der Waals surface area contributed by atoms with Crippen LogP contribution in [0.3, 0.4) is 0 Å². The number of pyridine rings is 2. The summed E-state index contributed by atoms with van der Waals surface area (Å²) in [5, 5.41) is 2.88. The molecule has 6 rings (SSSR count). The normalized spacial score (nSPS) is 21.7. The van der Waals surface area contributed by atoms with Crippen LogP contribution in [0.1, 0.15) is 12.0 Å². The maximum Gasteiger partial charge on any atom is 0.414 e. The van der Waals surface area contributed by atoms with Gasteiger partial charge in [-0.2, -0.15) is 0 Å². The molecule has 0 bridgehead atoms. The van der Waals surface area contributed by atoms with Crippen molar-refractivity contribution in [3.8, 4) is 5.88 Å². The molecule has 192 valence electrons. The average Bonchev–Trinajstić information content (AvgIpc) is 2.91. The lowest BCUT2D eigenvalue weighted by Crippen LogP contribution is -2.56. The summed E-state index contributed by atoms with van der Waals surface area (Å²) in [6.45, 7) is 2.60. The van der Waals surface area contributed by atoms with E-state index in [1.165, 1.54) is 25.1 Å². The fourth-order valence-corrected chi connectivity index (χ4v) is 6.01. The van der Waals surface area contributed by atoms with Gasteiger partial charge >= 0.3 is 6.09 Å². The third-order valence-corrected chi connectivity index (χ3v) is 8.28. The molecule has 2 atom stereocenters. The number of aromatic nitrogens is 2. The van der Waals surface area contributed by atoms with Crippen LogP contribution in [0.2, 0.25) is 0 Å². The minimum Gasteiger partial charge on any atom is -0.481 e. The molecule has 9 nitrogen and oxygen atoms in total. The number of methoxy groups -OCH3 is 1. The molecule has 1 N–H and O–H groups in total. The van der Waals surface area contributed by atoms with Gasteiger partial charge in [-0.1, -0.05) is 0 Å². The first kappa shape index (κ1) is 23.9. The standard InChI is InChI=1S/C26H26FN5O4S/c1-35-24-5-3-19-25(30-24)17(18(27)11-28-19)7-9-31-8-6-15-12-32(26(34)36-21(15)13-31)16-2-4-22-20(10-16)29-23(33)14-37-22/h2-5,10-11,15,21H,6-9,12-14H2,1H3,(H,29,33)/t15-,21?/m1/s1. The highest BCUT2D eigenvalue weighted by Crippen LogP contribution is 2.37. The summed E-state index contributed by atoms with van der Waals surface area (Å²) in [6.07, 6.45) is 1.95. The predicted molar refractivity (Wildman–Crippen MR) is 138 cm³/mol. The molecule has 1 unspecified atom stereocenters. The number of halogens is 1. The van der Waals surface area contributed by atoms with Crippen molar-refractivity contribution in [2.45, 2.75) is 23.8 Å². The van der Waals surface area contributed by atoms with Crippen LogP contribution >= 0.6 is 11.8 Å². The second-order valence-corrected chi connectivity index (χ2v) is 10.5. The number of nitrogens with one attached hydrogen (secondary N) is 1. The number of hydrogen-bond acceptors (Lipinski definition) is 8. The number of hydrogen-bond donors (Lipinski definition) is 1. The summed E-state index contributed by atoms with van der Waals surface area (Å²) in [7, 11) is 1.53. The van der Waals surface area contributed by atoms with Crippen LogP contribution in [0.4, 0.5) is 20.6 Å². The maximum atomic E-state index is 14.7. The minimum absolute atomic E-state index is 0.0436. The third-order valence-electron chi connectivity index (χ3n) is 7.20. The Hall–Kier alpha value is -3.44. The van der Waals surface area contributed by atoms with E-state index in [4.69, 9.17) is 9.47 Å². The van der Waals surface area contributed by atoms with Gasteiger partial charge in [-0.15, -0.1) is 11.8 Å². The van der Waals surface area contributed by atoms with Crippen molar-refractivity contribution in [1.29, 1.82) is 0 Å². The Morgan fingerprint density at radius 2 is 2.14 bits per heavy atom. The zero-order valence-corrected chi connectivity index (χ0v) is 21.1. The van der Waals surface area contributed by atoms with Gasteiger partial charge in [0.1, 0.15) is 11.9 Å². The lowest BCUT2D eigenvalue weighted by Gasteiger charge is -2.44. The number of likely N-dealkylation sites (tertiary alicyclic amines) is 1. The Kier molecular flexibility index (Phi) is 6.33. The number of nitrogens with zero attached hydrogens (tertiary/aromatic N) is 4. The number of rotatable bonds is 5. The first-order valence-electron chi connectivity index (χ1n) is 12.2. The highest BCUT2D eigenvalue weighted by molar-refractivity contribution is 8.00. The van der Waals surface area contributed by atoms with E-state index in [1.54, 1.807) is 17.0 Å². The van der Waals surface area contributed by atoms with Crippen molar-refractivity contribution < 1.29 is 23.5 Å². The van der Waals surface area contributed by atoms with Crippen molar-refractivity contribution in [3.63, 3.8) is 0 Å². The fraction of sp³-hybridized carbons (Fsp3) is 0.385. The van der Waals surface area contributed by atoms with Gasteiger partial charge < -0.3 is 14.8 Å². The molecular weight excluding hydrogens is 497 g/mol. The molecule has 3 aliphatic heterocycles. The molecule has 2 saturated heterocycles. The number of ether oxygens (including phenoxy) is 2. The van der Waals surface area contributed by atoms with Crippen LogP contribution in [0.5, 0.6) is 5.88 Å². The molecule has 2 aromatic heterocycles. The molecule has 2 amide bonds. The number of amides is 2. The van der Waals surface area contributed by atoms with E-state index in [2.05, 4.69) is 20.2 Å². The van der Waals surface area contributed by atoms with Crippen LogP contribution in [-0.2, 0) is 16.0 Å². The number of thioether (sulfide) groups is 1. The van der Waals surface area contributed by atoms with Gasteiger partial charge in [-0.3, -0.25) is 19.6 Å². The van der Waals surface area contributed by atoms with Crippen LogP contribution in [0, 0.1) is 11.7 Å². The van der Waals surface area contributed by atoms with Gasteiger partial charge in [0.05, 0.1) is 35.8 Å². The molecule has 0 radical (unpaired) electrons. The SMILES string of the molecule is COc1ccc2ncc(F)c(CCN3CC[C@@H]4CN(c5ccc6c(c5)NC(=O)CS6)C(=O)OC4C3)c2n1. The van der Waals surface area contributed by atoms with Crippen molar-refractivity contribution in [2.75, 3.05) is 49.3 Å². The average molecular weight is 524 g/mol. The van der Waals surface area contributed by atoms with Crippen molar-refractivity contribution in [1.82, 2.24) is 14.9 Å². The van der Waals surface area contributed by atoms with Crippen molar-refractivity contribution in [2.24, 2.45) is 5.92 Å². The van der Waals surface area contributed by atoms with Gasteiger partial charge in [0.25, 0.3) is 0 Å². The first-order chi connectivity index (χ1) is 18.0. The summed E-state index contributed by atoms with van der Waals surface area (Å²) < 4.78 is 25.8. The molecule has 0 aliphatic carbocycles. The van der Waals surface area contributed by atoms with Gasteiger partial charge in [-0.25, -0.2) is 14.2 Å². The summed E-state index contributed by atoms with van der Waals surface area (Å²) in [5.74, 6) is 0.576. The topological polar surface area (TPSA) is 96.9 Å². The van der Waals surface area contributed by atoms with E-state index in [0.29, 0.717) is 54.3 Å². The molecule has 0 saturated carbocycles. The zero-order valence-electron chi connectivity index (χ0n) is 20.3. The van der Waals surface area contributed by atoms with E-state index in [9.17, 15) is 14.0 Å². The number of anilines is 2. The Balaban J connectivity index is 1.12. The molecule has 3 aliphatic rings. The lowest BCUT2D eigenvalue weighted by molar-refractivity contribution is -0.113. The van der Waals surface area contributed by atoms with E-state index in [0.717, 1.165) is 29.2 Å². The number of benzene rings is 1. The monoisotopic (exact) mass is 523 g/mol. The van der Waals surface area contributed by atoms with Crippen LogP contribution in [-0.4, -0.2) is 72.0 Å². The highest BCUT2D eigenvalue weighted by Gasteiger charge is 2.40. The minimum atomic E-state index is -0.389. The van der Waals surface area contributed by atoms with Crippen molar-refractivity contribution in [3.05, 3.63) is 47.9 Å². The van der Waals surface area contributed by atoms with Gasteiger partial charge in [0.2, 0.25) is 11.8 Å². The zero-order chi connectivity index (χ0) is 25.5. The Bertz CT molecular complexity index is 1390. The fourth-order valence-electron chi connectivity index (χ4n) is 5.23. The highest BCUT2D eigenvalue weighted by atomic mass is 32.2. The predicted octanol–water partition coefficient (Wildman–Crippen LogP) is 3.71. The van der Waals surface area contributed by atoms with Gasteiger partial charge in [0, 0.05) is 47.8 Å². The van der Waals surface area contributed by atoms with Crippen LogP contribution in [0.15, 0.2) is 41.4 Å². The second-order valence-electron chi connectivity index (χ2n) is 9.46. The number of piperidine rings is 1. The smallest absolute Gasteiger partial charge is 0.414 e. The maximum absolute atomic E-state index is 14.7. The van der Waals surface area contributed by atoms with E-state index >= 15 is 0 Å². The van der Waals surface area contributed by atoms with E-state index < -0.39 is 0 Å². The summed E-state index contributed by atoms with van der Waals surface area (Å²) in [4.78, 5) is 38.1. The third kappa shape index (κ3) is 4.69. The largest absolute Gasteiger partial charge is 0.481 e. The summed E-state index contributed by atoms with van der Waals surface area (Å²) >= 11 is 1.49. The summed E-state index contributed by atoms with van der Waals surface area (Å²) in [5.41, 5.74) is 3.09. The second kappa shape index (κ2) is 9.79. The Morgan fingerprint density at radius 1 is 1.24 bits per heavy atom. The van der Waals surface area contributed by atoms with E-state index in [-0.39, 0.29) is 29.8 Å². The van der Waals surface area contributed by atoms with Crippen molar-refractivity contribution >= 4 is 46.2 Å². The molecule has 5 heterocycles. The molecule has 37 heavy (non-hydrogen) atoms. The Morgan fingerprint density at radius 3 is 3.00 bits per heavy atom. The molecular formula is C26H26FN5O4S. The Labute approximate surface area is 217 Å². The molecule has 2 fully saturated rings. The number of carbonyl (C=O) groups excluding carboxylic acids is 2. The van der Waals surface area contributed by atoms with Crippen LogP contribution in [0.25, 0.3) is 11.0 Å². The quantitative estimate of drug-likeness (QED) is 0.541. The lowest BCUT2D eigenvalue weighted by atomic mass is 9.91. The van der Waals surface area contributed by atoms with E-state index in [1.807, 2.05) is 18.2 Å². The molecule has 11 heteroatoms. The molecule has 1 aromatic carbocycles. The molecule has 3 aromatic rings. The summed E-state index contributed by atoms with van der Waals surface area (Å²) in [6, 6.07) is 9.16. The van der Waals surface area contributed by atoms with Gasteiger partial charge in [0.15, 0.2) is 0 Å². The number of fused-ring (bicyclic) bond motifs is 3. The van der Waals surface area contributed by atoms with Gasteiger partial charge in [-0.05, 0) is 43.7 Å². The number of carbonyl (C=O) groups is 2.